The van der Waals surface area contributed by atoms with Crippen molar-refractivity contribution in [3.05, 3.63) is 41.1 Å². The Morgan fingerprint density at radius 1 is 1.43 bits per heavy atom. The van der Waals surface area contributed by atoms with Gasteiger partial charge in [0, 0.05) is 24.5 Å². The maximum Gasteiger partial charge on any atom is 0.410 e. The third-order valence-electron chi connectivity index (χ3n) is 3.98. The number of hydrogen-bond acceptors (Lipinski definition) is 4. The summed E-state index contributed by atoms with van der Waals surface area (Å²) in [6.07, 6.45) is 3.18. The molecule has 1 unspecified atom stereocenters. The van der Waals surface area contributed by atoms with Crippen LogP contribution >= 0.6 is 0 Å². The Labute approximate surface area is 137 Å². The van der Waals surface area contributed by atoms with E-state index in [0.717, 1.165) is 17.5 Å². The Hall–Kier alpha value is -2.30. The van der Waals surface area contributed by atoms with E-state index in [-0.39, 0.29) is 12.1 Å². The van der Waals surface area contributed by atoms with Crippen LogP contribution in [-0.4, -0.2) is 29.4 Å². The number of nitrogens with one attached hydrogen (secondary N) is 1. The van der Waals surface area contributed by atoms with Crippen LogP contribution in [0.5, 0.6) is 0 Å². The largest absolute Gasteiger partial charge is 0.444 e. The number of carbonyl (C=O) groups is 1. The molecule has 1 aliphatic rings. The molecule has 0 spiro atoms. The van der Waals surface area contributed by atoms with E-state index >= 15 is 0 Å². The Morgan fingerprint density at radius 3 is 2.70 bits per heavy atom. The molecular formula is C18H25N3O2. The van der Waals surface area contributed by atoms with Crippen molar-refractivity contribution in [1.29, 1.82) is 5.41 Å². The van der Waals surface area contributed by atoms with Crippen LogP contribution in [0.4, 0.5) is 4.79 Å². The first-order chi connectivity index (χ1) is 10.8. The van der Waals surface area contributed by atoms with Gasteiger partial charge in [0.25, 0.3) is 0 Å². The summed E-state index contributed by atoms with van der Waals surface area (Å²) in [5.74, 6) is 0. The molecule has 0 aliphatic carbocycles. The number of rotatable bonds is 2. The third-order valence-corrected chi connectivity index (χ3v) is 3.98. The van der Waals surface area contributed by atoms with Crippen molar-refractivity contribution in [3.8, 4) is 0 Å². The predicted molar refractivity (Wildman–Crippen MR) is 92.4 cm³/mol. The van der Waals surface area contributed by atoms with Gasteiger partial charge in [0.05, 0.1) is 6.04 Å². The number of hydrogen-bond donors (Lipinski definition) is 2. The summed E-state index contributed by atoms with van der Waals surface area (Å²) < 4.78 is 5.49. The second-order valence-electron chi connectivity index (χ2n) is 6.78. The highest BCUT2D eigenvalue weighted by molar-refractivity contribution is 6.08. The Bertz CT molecular complexity index is 644. The lowest BCUT2D eigenvalue weighted by Gasteiger charge is -2.36. The van der Waals surface area contributed by atoms with Gasteiger partial charge in [-0.2, -0.15) is 0 Å². The molecule has 0 saturated carbocycles. The Kier molecular flexibility index (Phi) is 4.78. The highest BCUT2D eigenvalue weighted by atomic mass is 16.6. The van der Waals surface area contributed by atoms with Crippen molar-refractivity contribution in [2.45, 2.75) is 45.8 Å². The van der Waals surface area contributed by atoms with Gasteiger partial charge < -0.3 is 20.8 Å². The lowest BCUT2D eigenvalue weighted by Crippen LogP contribution is -2.42. The predicted octanol–water partition coefficient (Wildman–Crippen LogP) is 3.49. The Balaban J connectivity index is 2.26. The van der Waals surface area contributed by atoms with Gasteiger partial charge in [-0.05, 0) is 50.8 Å². The number of amides is 1. The molecule has 0 bridgehead atoms. The van der Waals surface area contributed by atoms with Gasteiger partial charge in [0.15, 0.2) is 0 Å². The average molecular weight is 315 g/mol. The summed E-state index contributed by atoms with van der Waals surface area (Å²) in [6.45, 7) is 8.25. The van der Waals surface area contributed by atoms with Gasteiger partial charge in [0.2, 0.25) is 0 Å². The van der Waals surface area contributed by atoms with Gasteiger partial charge in [-0.15, -0.1) is 0 Å². The summed E-state index contributed by atoms with van der Waals surface area (Å²) in [5.41, 5.74) is 8.99. The first-order valence-corrected chi connectivity index (χ1v) is 7.82. The van der Waals surface area contributed by atoms with Crippen LogP contribution in [0.1, 0.15) is 50.4 Å². The van der Waals surface area contributed by atoms with E-state index in [1.807, 2.05) is 39.8 Å². The van der Waals surface area contributed by atoms with Crippen LogP contribution in [0.25, 0.3) is 5.57 Å². The van der Waals surface area contributed by atoms with Crippen molar-refractivity contribution in [2.75, 3.05) is 6.54 Å². The molecule has 3 N–H and O–H groups in total. The first kappa shape index (κ1) is 17.1. The molecule has 1 aliphatic heterocycles. The zero-order chi connectivity index (χ0) is 17.2. The van der Waals surface area contributed by atoms with E-state index in [1.165, 1.54) is 18.0 Å². The number of allylic oxidation sites excluding steroid dienone is 1. The molecule has 1 heterocycles. The minimum atomic E-state index is -0.494. The molecule has 124 valence electrons. The lowest BCUT2D eigenvalue weighted by atomic mass is 9.91. The fraction of sp³-hybridized carbons (Fsp3) is 0.444. The number of benzene rings is 1. The molecule has 1 atom stereocenters. The van der Waals surface area contributed by atoms with Crippen LogP contribution in [0.15, 0.2) is 24.4 Å². The van der Waals surface area contributed by atoms with E-state index < -0.39 is 5.60 Å². The van der Waals surface area contributed by atoms with E-state index in [0.29, 0.717) is 12.1 Å². The lowest BCUT2D eigenvalue weighted by molar-refractivity contribution is 0.0160. The maximum absolute atomic E-state index is 12.4. The molecule has 2 rings (SSSR count). The molecule has 0 radical (unpaired) electrons. The van der Waals surface area contributed by atoms with Gasteiger partial charge >= 0.3 is 6.09 Å². The second-order valence-corrected chi connectivity index (χ2v) is 6.78. The Morgan fingerprint density at radius 2 is 2.13 bits per heavy atom. The van der Waals surface area contributed by atoms with Crippen molar-refractivity contribution >= 4 is 17.9 Å². The van der Waals surface area contributed by atoms with Gasteiger partial charge in [-0.3, -0.25) is 0 Å². The smallest absolute Gasteiger partial charge is 0.410 e. The summed E-state index contributed by atoms with van der Waals surface area (Å²) in [5, 5.41) is 7.41. The summed E-state index contributed by atoms with van der Waals surface area (Å²) in [7, 11) is 0. The van der Waals surface area contributed by atoms with Crippen molar-refractivity contribution in [3.63, 3.8) is 0 Å². The molecule has 5 heteroatoms. The number of carbonyl (C=O) groups excluding carboxylic acids is 1. The average Bonchev–Trinajstić information content (AvgIpc) is 2.47. The number of nitrogens with zero attached hydrogens (tertiary/aromatic N) is 1. The van der Waals surface area contributed by atoms with Gasteiger partial charge in [-0.25, -0.2) is 4.79 Å². The van der Waals surface area contributed by atoms with E-state index in [1.54, 1.807) is 4.90 Å². The minimum absolute atomic E-state index is 0.0343. The topological polar surface area (TPSA) is 79.4 Å². The SMILES string of the molecule is CC1c2ccc(/C(C=N)=C/N)cc2CCN1C(=O)OC(C)(C)C. The fourth-order valence-electron chi connectivity index (χ4n) is 2.81. The fourth-order valence-corrected chi connectivity index (χ4v) is 2.81. The zero-order valence-electron chi connectivity index (χ0n) is 14.2. The normalized spacial score (nSPS) is 18.3. The summed E-state index contributed by atoms with van der Waals surface area (Å²) in [4.78, 5) is 14.1. The van der Waals surface area contributed by atoms with E-state index in [2.05, 4.69) is 6.07 Å². The highest BCUT2D eigenvalue weighted by Gasteiger charge is 2.31. The molecule has 1 aromatic rings. The van der Waals surface area contributed by atoms with Gasteiger partial charge in [-0.1, -0.05) is 18.2 Å². The third kappa shape index (κ3) is 3.73. The maximum atomic E-state index is 12.4. The van der Waals surface area contributed by atoms with Crippen LogP contribution in [0.3, 0.4) is 0 Å². The standard InChI is InChI=1S/C18H25N3O2/c1-12-16-6-5-13(15(10-19)11-20)9-14(16)7-8-21(12)17(22)23-18(2,3)4/h5-6,9-12,19H,7-8,20H2,1-4H3/b15-11+,19-10?. The molecule has 0 aromatic heterocycles. The van der Waals surface area contributed by atoms with E-state index in [4.69, 9.17) is 15.9 Å². The van der Waals surface area contributed by atoms with Crippen molar-refractivity contribution in [2.24, 2.45) is 5.73 Å². The summed E-state index contributed by atoms with van der Waals surface area (Å²) in [6, 6.07) is 5.98. The molecule has 23 heavy (non-hydrogen) atoms. The molecule has 1 amide bonds. The highest BCUT2D eigenvalue weighted by Crippen LogP contribution is 2.32. The summed E-state index contributed by atoms with van der Waals surface area (Å²) >= 11 is 0. The monoisotopic (exact) mass is 315 g/mol. The number of ether oxygens (including phenoxy) is 1. The molecule has 5 nitrogen and oxygen atoms in total. The van der Waals surface area contributed by atoms with Crippen LogP contribution in [-0.2, 0) is 11.2 Å². The molecule has 0 fully saturated rings. The zero-order valence-corrected chi connectivity index (χ0v) is 14.2. The molecule has 1 aromatic carbocycles. The first-order valence-electron chi connectivity index (χ1n) is 7.82. The van der Waals surface area contributed by atoms with E-state index in [9.17, 15) is 4.79 Å². The number of nitrogens with two attached hydrogens (primary N) is 1. The molecule has 0 saturated heterocycles. The number of fused-ring (bicyclic) bond motifs is 1. The van der Waals surface area contributed by atoms with Gasteiger partial charge in [0.1, 0.15) is 5.60 Å². The van der Waals surface area contributed by atoms with Crippen LogP contribution in [0, 0.1) is 5.41 Å². The molecular weight excluding hydrogens is 290 g/mol. The quantitative estimate of drug-likeness (QED) is 0.820. The van der Waals surface area contributed by atoms with Crippen LogP contribution < -0.4 is 5.73 Å². The van der Waals surface area contributed by atoms with Crippen molar-refractivity contribution < 1.29 is 9.53 Å². The van der Waals surface area contributed by atoms with Crippen molar-refractivity contribution in [1.82, 2.24) is 4.90 Å². The second kappa shape index (κ2) is 6.44. The van der Waals surface area contributed by atoms with Crippen LogP contribution in [0.2, 0.25) is 0 Å². The minimum Gasteiger partial charge on any atom is -0.444 e.